The molecule has 3 heterocycles. The van der Waals surface area contributed by atoms with Crippen LogP contribution in [0.5, 0.6) is 0 Å². The van der Waals surface area contributed by atoms with Crippen molar-refractivity contribution in [3.05, 3.63) is 124 Å². The predicted octanol–water partition coefficient (Wildman–Crippen LogP) is 4.09. The van der Waals surface area contributed by atoms with Gasteiger partial charge in [0.15, 0.2) is 11.6 Å². The highest BCUT2D eigenvalue weighted by Gasteiger charge is 2.13. The number of nitrogens with zero attached hydrogens (tertiary/aromatic N) is 5. The molecule has 0 unspecified atom stereocenters. The molecule has 3 aromatic heterocycles. The number of pyridine rings is 1. The molecule has 0 spiro atoms. The summed E-state index contributed by atoms with van der Waals surface area (Å²) in [5, 5.41) is 6.63. The number of benzene rings is 2. The molecule has 5 aromatic rings. The molecule has 0 saturated heterocycles. The van der Waals surface area contributed by atoms with Crippen LogP contribution < -0.4 is 16.2 Å². The lowest BCUT2D eigenvalue weighted by Gasteiger charge is -2.08. The summed E-state index contributed by atoms with van der Waals surface area (Å²) >= 11 is 0. The molecule has 0 bridgehead atoms. The number of aromatic nitrogens is 5. The Morgan fingerprint density at radius 2 is 1.82 bits per heavy atom. The maximum Gasteiger partial charge on any atom is 0.266 e. The first kappa shape index (κ1) is 25.3. The molecule has 5 rings (SSSR count). The average Bonchev–Trinajstić information content (AvgIpc) is 2.94. The van der Waals surface area contributed by atoms with Crippen molar-refractivity contribution in [2.24, 2.45) is 0 Å². The van der Waals surface area contributed by atoms with Gasteiger partial charge in [-0.05, 0) is 47.5 Å². The molecular weight excluding hydrogens is 504 g/mol. The van der Waals surface area contributed by atoms with Crippen LogP contribution in [0.3, 0.4) is 0 Å². The highest BCUT2D eigenvalue weighted by Crippen LogP contribution is 2.18. The lowest BCUT2D eigenvalue weighted by Crippen LogP contribution is -2.33. The zero-order chi connectivity index (χ0) is 27.2. The van der Waals surface area contributed by atoms with Gasteiger partial charge in [-0.15, -0.1) is 0 Å². The van der Waals surface area contributed by atoms with Crippen LogP contribution in [0.4, 0.5) is 20.4 Å². The largest absolute Gasteiger partial charge is 0.348 e. The van der Waals surface area contributed by atoms with Crippen molar-refractivity contribution in [3.63, 3.8) is 0 Å². The average molecular weight is 526 g/mol. The first-order valence-electron chi connectivity index (χ1n) is 11.8. The lowest BCUT2D eigenvalue weighted by molar-refractivity contribution is 0.0955. The molecule has 0 radical (unpaired) electrons. The van der Waals surface area contributed by atoms with Crippen LogP contribution in [0.15, 0.2) is 90.5 Å². The zero-order valence-corrected chi connectivity index (χ0v) is 20.4. The van der Waals surface area contributed by atoms with E-state index in [1.54, 1.807) is 24.7 Å². The van der Waals surface area contributed by atoms with Crippen LogP contribution in [-0.2, 0) is 6.54 Å². The van der Waals surface area contributed by atoms with Gasteiger partial charge in [0.05, 0.1) is 18.4 Å². The van der Waals surface area contributed by atoms with E-state index in [9.17, 15) is 18.4 Å². The van der Waals surface area contributed by atoms with E-state index in [-0.39, 0.29) is 18.7 Å². The minimum Gasteiger partial charge on any atom is -0.348 e. The summed E-state index contributed by atoms with van der Waals surface area (Å²) in [6, 6.07) is 12.7. The summed E-state index contributed by atoms with van der Waals surface area (Å²) in [6.45, 7) is 0.108. The van der Waals surface area contributed by atoms with Crippen molar-refractivity contribution in [2.45, 2.75) is 6.54 Å². The van der Waals surface area contributed by atoms with Crippen LogP contribution in [0, 0.1) is 11.6 Å². The van der Waals surface area contributed by atoms with Crippen molar-refractivity contribution in [3.8, 4) is 0 Å². The van der Waals surface area contributed by atoms with Gasteiger partial charge in [0.25, 0.3) is 11.5 Å². The molecule has 2 N–H and O–H groups in total. The predicted molar refractivity (Wildman–Crippen MR) is 142 cm³/mol. The zero-order valence-electron chi connectivity index (χ0n) is 20.4. The van der Waals surface area contributed by atoms with Crippen LogP contribution in [0.2, 0.25) is 0 Å². The number of fused-ring (bicyclic) bond motifs is 1. The molecule has 1 amide bonds. The molecule has 0 aliphatic heterocycles. The lowest BCUT2D eigenvalue weighted by atomic mass is 10.1. The summed E-state index contributed by atoms with van der Waals surface area (Å²) in [5.74, 6) is -2.13. The summed E-state index contributed by atoms with van der Waals surface area (Å²) in [4.78, 5) is 42.1. The molecule has 0 atom stereocenters. The normalized spacial score (nSPS) is 11.1. The number of hydrogen-bond donors (Lipinski definition) is 2. The number of carbonyl (C=O) groups is 1. The second-order valence-corrected chi connectivity index (χ2v) is 8.47. The Balaban J connectivity index is 1.20. The molecule has 0 fully saturated rings. The Kier molecular flexibility index (Phi) is 7.39. The second kappa shape index (κ2) is 11.4. The highest BCUT2D eigenvalue weighted by atomic mass is 19.2. The van der Waals surface area contributed by atoms with Crippen molar-refractivity contribution in [2.75, 3.05) is 11.9 Å². The van der Waals surface area contributed by atoms with Gasteiger partial charge in [0, 0.05) is 42.4 Å². The SMILES string of the molecule is O=C(NCC=Cc1ccc2nc(Nc3ccncc3)ncc2c1)c1cncn(Cc2ccc(F)c(F)c2)c1=O. The minimum atomic E-state index is -1.02. The highest BCUT2D eigenvalue weighted by molar-refractivity contribution is 5.93. The van der Waals surface area contributed by atoms with Gasteiger partial charge in [-0.3, -0.25) is 19.1 Å². The van der Waals surface area contributed by atoms with Crippen molar-refractivity contribution in [1.82, 2.24) is 29.8 Å². The number of halogens is 2. The quantitative estimate of drug-likeness (QED) is 0.314. The molecule has 0 aliphatic carbocycles. The van der Waals surface area contributed by atoms with E-state index in [1.807, 2.05) is 36.4 Å². The first-order chi connectivity index (χ1) is 19.0. The van der Waals surface area contributed by atoms with Gasteiger partial charge in [0.1, 0.15) is 5.56 Å². The maximum absolute atomic E-state index is 13.5. The summed E-state index contributed by atoms with van der Waals surface area (Å²) in [6.07, 6.45) is 11.1. The monoisotopic (exact) mass is 525 g/mol. The molecule has 0 saturated carbocycles. The minimum absolute atomic E-state index is 0.0585. The first-order valence-corrected chi connectivity index (χ1v) is 11.8. The van der Waals surface area contributed by atoms with Gasteiger partial charge >= 0.3 is 0 Å². The fraction of sp³-hybridized carbons (Fsp3) is 0.0714. The Hall–Kier alpha value is -5.32. The molecule has 0 aliphatic rings. The van der Waals surface area contributed by atoms with Gasteiger partial charge in [-0.25, -0.2) is 23.7 Å². The third-order valence-corrected chi connectivity index (χ3v) is 5.71. The number of rotatable bonds is 8. The number of hydrogen-bond acceptors (Lipinski definition) is 7. The maximum atomic E-state index is 13.5. The molecule has 39 heavy (non-hydrogen) atoms. The summed E-state index contributed by atoms with van der Waals surface area (Å²) in [5.41, 5.74) is 2.09. The van der Waals surface area contributed by atoms with Gasteiger partial charge in [-0.2, -0.15) is 0 Å². The van der Waals surface area contributed by atoms with E-state index in [0.29, 0.717) is 11.5 Å². The van der Waals surface area contributed by atoms with Crippen molar-refractivity contribution < 1.29 is 13.6 Å². The van der Waals surface area contributed by atoms with Gasteiger partial charge in [0.2, 0.25) is 5.95 Å². The standard InChI is InChI=1S/C28H21F2N7O2/c29-23-5-3-19(13-24(23)30)16-37-17-32-15-22(27(37)39)26(38)33-9-1-2-18-4-6-25-20(12-18)14-34-28(36-25)35-21-7-10-31-11-8-21/h1-8,10-15,17H,9,16H2,(H,33,38)(H,31,34,35,36). The van der Waals surface area contributed by atoms with E-state index >= 15 is 0 Å². The number of carbonyl (C=O) groups excluding carboxylic acids is 1. The van der Waals surface area contributed by atoms with E-state index < -0.39 is 23.1 Å². The van der Waals surface area contributed by atoms with Crippen LogP contribution in [0.25, 0.3) is 17.0 Å². The van der Waals surface area contributed by atoms with E-state index in [4.69, 9.17) is 0 Å². The fourth-order valence-electron chi connectivity index (χ4n) is 3.78. The molecule has 9 nitrogen and oxygen atoms in total. The Morgan fingerprint density at radius 1 is 0.974 bits per heavy atom. The smallest absolute Gasteiger partial charge is 0.266 e. The Labute approximate surface area is 220 Å². The molecular formula is C28H21F2N7O2. The summed E-state index contributed by atoms with van der Waals surface area (Å²) in [7, 11) is 0. The molecule has 11 heteroatoms. The van der Waals surface area contributed by atoms with Gasteiger partial charge < -0.3 is 10.6 Å². The van der Waals surface area contributed by atoms with Gasteiger partial charge in [-0.1, -0.05) is 24.3 Å². The van der Waals surface area contributed by atoms with Crippen molar-refractivity contribution in [1.29, 1.82) is 0 Å². The topological polar surface area (TPSA) is 115 Å². The Bertz CT molecular complexity index is 1740. The second-order valence-electron chi connectivity index (χ2n) is 8.47. The third-order valence-electron chi connectivity index (χ3n) is 5.71. The fourth-order valence-corrected chi connectivity index (χ4v) is 3.78. The number of anilines is 2. The third kappa shape index (κ3) is 6.16. The van der Waals surface area contributed by atoms with E-state index in [0.717, 1.165) is 38.9 Å². The summed E-state index contributed by atoms with van der Waals surface area (Å²) < 4.78 is 27.8. The molecule has 2 aromatic carbocycles. The number of nitrogens with one attached hydrogen (secondary N) is 2. The van der Waals surface area contributed by atoms with Crippen LogP contribution >= 0.6 is 0 Å². The van der Waals surface area contributed by atoms with Crippen molar-refractivity contribution >= 4 is 34.5 Å². The Morgan fingerprint density at radius 3 is 2.64 bits per heavy atom. The van der Waals surface area contributed by atoms with E-state index in [1.165, 1.54) is 18.6 Å². The van der Waals surface area contributed by atoms with Crippen LogP contribution in [-0.4, -0.2) is 37.0 Å². The number of amides is 1. The molecule has 194 valence electrons. The van der Waals surface area contributed by atoms with Crippen LogP contribution in [0.1, 0.15) is 21.5 Å². The van der Waals surface area contributed by atoms with E-state index in [2.05, 4.69) is 30.6 Å².